The number of esters is 1. The smallest absolute Gasteiger partial charge is 0.316 e. The maximum absolute atomic E-state index is 12.1. The molecule has 1 aromatic heterocycles. The Hall–Kier alpha value is -1.39. The van der Waals surface area contributed by atoms with Gasteiger partial charge in [0, 0.05) is 13.0 Å². The molecule has 0 N–H and O–H groups in total. The van der Waals surface area contributed by atoms with Crippen LogP contribution >= 0.6 is 0 Å². The van der Waals surface area contributed by atoms with Gasteiger partial charge in [0.1, 0.15) is 17.6 Å². The maximum atomic E-state index is 12.1. The van der Waals surface area contributed by atoms with Crippen LogP contribution in [0.2, 0.25) is 0 Å². The summed E-state index contributed by atoms with van der Waals surface area (Å²) in [6.45, 7) is 0.942. The van der Waals surface area contributed by atoms with Crippen molar-refractivity contribution >= 4 is 5.97 Å². The highest BCUT2D eigenvalue weighted by molar-refractivity contribution is 5.77. The van der Waals surface area contributed by atoms with Gasteiger partial charge in [-0.05, 0) is 25.2 Å². The van der Waals surface area contributed by atoms with E-state index >= 15 is 0 Å². The van der Waals surface area contributed by atoms with Gasteiger partial charge in [0.15, 0.2) is 0 Å². The van der Waals surface area contributed by atoms with Gasteiger partial charge in [0.2, 0.25) is 0 Å². The normalized spacial score (nSPS) is 20.9. The van der Waals surface area contributed by atoms with Crippen molar-refractivity contribution in [2.45, 2.75) is 51.0 Å². The molecule has 98 valence electrons. The van der Waals surface area contributed by atoms with Crippen molar-refractivity contribution < 1.29 is 9.53 Å². The summed E-state index contributed by atoms with van der Waals surface area (Å²) in [5.74, 6) is 1.88. The van der Waals surface area contributed by atoms with Crippen LogP contribution in [-0.2, 0) is 22.5 Å². The van der Waals surface area contributed by atoms with E-state index in [1.165, 1.54) is 20.0 Å². The average molecular weight is 249 g/mol. The number of aromatic nitrogens is 3. The van der Waals surface area contributed by atoms with E-state index < -0.39 is 0 Å². The van der Waals surface area contributed by atoms with Gasteiger partial charge in [-0.1, -0.05) is 12.8 Å². The number of hydrogen-bond acceptors (Lipinski definition) is 4. The molecular formula is C13H19N3O2. The summed E-state index contributed by atoms with van der Waals surface area (Å²) in [7, 11) is 1.46. The molecule has 1 saturated carbocycles. The number of hydrogen-bond donors (Lipinski definition) is 0. The molecular weight excluding hydrogens is 230 g/mol. The average Bonchev–Trinajstić information content (AvgIpc) is 3.06. The lowest BCUT2D eigenvalue weighted by Gasteiger charge is -2.20. The van der Waals surface area contributed by atoms with Crippen LogP contribution in [0, 0.1) is 5.92 Å². The third kappa shape index (κ3) is 1.82. The third-order valence-electron chi connectivity index (χ3n) is 4.24. The molecule has 1 aliphatic heterocycles. The zero-order valence-electron chi connectivity index (χ0n) is 10.8. The van der Waals surface area contributed by atoms with Crippen molar-refractivity contribution in [2.24, 2.45) is 5.92 Å². The van der Waals surface area contributed by atoms with Crippen molar-refractivity contribution in [1.82, 2.24) is 14.8 Å². The second kappa shape index (κ2) is 4.71. The quantitative estimate of drug-likeness (QED) is 0.765. The lowest BCUT2D eigenvalue weighted by molar-refractivity contribution is -0.144. The summed E-state index contributed by atoms with van der Waals surface area (Å²) >= 11 is 0. The summed E-state index contributed by atoms with van der Waals surface area (Å²) < 4.78 is 7.11. The molecule has 0 amide bonds. The van der Waals surface area contributed by atoms with E-state index in [4.69, 9.17) is 4.74 Å². The first kappa shape index (κ1) is 11.7. The molecule has 0 radical (unpaired) electrons. The Labute approximate surface area is 107 Å². The second-order valence-corrected chi connectivity index (χ2v) is 5.27. The van der Waals surface area contributed by atoms with Crippen molar-refractivity contribution in [3.63, 3.8) is 0 Å². The largest absolute Gasteiger partial charge is 0.468 e. The van der Waals surface area contributed by atoms with Gasteiger partial charge in [0.05, 0.1) is 7.11 Å². The lowest BCUT2D eigenvalue weighted by Crippen LogP contribution is -2.25. The number of aryl methyl sites for hydroxylation is 1. The molecule has 18 heavy (non-hydrogen) atoms. The standard InChI is InChI=1S/C13H19N3O2/c1-18-13(17)11(9-5-2-3-6-9)12-15-14-10-7-4-8-16(10)12/h9,11H,2-8H2,1H3. The predicted molar refractivity (Wildman–Crippen MR) is 65.1 cm³/mol. The van der Waals surface area contributed by atoms with Gasteiger partial charge in [-0.3, -0.25) is 4.79 Å². The van der Waals surface area contributed by atoms with Crippen LogP contribution in [0.25, 0.3) is 0 Å². The molecule has 5 nitrogen and oxygen atoms in total. The SMILES string of the molecule is COC(=O)C(c1nnc2n1CCC2)C1CCCC1. The molecule has 2 aliphatic rings. The first-order valence-electron chi connectivity index (χ1n) is 6.81. The van der Waals surface area contributed by atoms with E-state index in [9.17, 15) is 4.79 Å². The summed E-state index contributed by atoms with van der Waals surface area (Å²) in [6, 6.07) is 0. The molecule has 1 aromatic rings. The fraction of sp³-hybridized carbons (Fsp3) is 0.769. The predicted octanol–water partition coefficient (Wildman–Crippen LogP) is 1.67. The van der Waals surface area contributed by atoms with Crippen LogP contribution in [0.3, 0.4) is 0 Å². The summed E-state index contributed by atoms with van der Waals surface area (Å²) in [6.07, 6.45) is 6.70. The monoisotopic (exact) mass is 249 g/mol. The van der Waals surface area contributed by atoms with E-state index in [0.29, 0.717) is 5.92 Å². The molecule has 3 rings (SSSR count). The Morgan fingerprint density at radius 1 is 1.33 bits per heavy atom. The van der Waals surface area contributed by atoms with Gasteiger partial charge in [0.25, 0.3) is 0 Å². The molecule has 0 aromatic carbocycles. The zero-order chi connectivity index (χ0) is 12.5. The van der Waals surface area contributed by atoms with E-state index in [2.05, 4.69) is 14.8 Å². The first-order chi connectivity index (χ1) is 8.81. The van der Waals surface area contributed by atoms with Gasteiger partial charge >= 0.3 is 5.97 Å². The fourth-order valence-electron chi connectivity index (χ4n) is 3.33. The molecule has 2 heterocycles. The van der Waals surface area contributed by atoms with Crippen molar-refractivity contribution in [3.05, 3.63) is 11.6 Å². The molecule has 1 aliphatic carbocycles. The van der Waals surface area contributed by atoms with E-state index in [1.807, 2.05) is 0 Å². The number of methoxy groups -OCH3 is 1. The van der Waals surface area contributed by atoms with Crippen LogP contribution in [0.4, 0.5) is 0 Å². The molecule has 1 fully saturated rings. The third-order valence-corrected chi connectivity index (χ3v) is 4.24. The minimum absolute atomic E-state index is 0.149. The summed E-state index contributed by atoms with van der Waals surface area (Å²) in [5.41, 5.74) is 0. The molecule has 1 atom stereocenters. The number of rotatable bonds is 3. The summed E-state index contributed by atoms with van der Waals surface area (Å²) in [5, 5.41) is 8.47. The molecule has 0 spiro atoms. The van der Waals surface area contributed by atoms with Crippen LogP contribution in [-0.4, -0.2) is 27.8 Å². The molecule has 1 unspecified atom stereocenters. The van der Waals surface area contributed by atoms with Gasteiger partial charge in [-0.15, -0.1) is 10.2 Å². The Bertz CT molecular complexity index is 449. The number of carbonyl (C=O) groups is 1. The van der Waals surface area contributed by atoms with E-state index in [0.717, 1.165) is 43.9 Å². The van der Waals surface area contributed by atoms with Crippen LogP contribution in [0.5, 0.6) is 0 Å². The Morgan fingerprint density at radius 2 is 2.11 bits per heavy atom. The number of carbonyl (C=O) groups excluding carboxylic acids is 1. The molecule has 0 saturated heterocycles. The van der Waals surface area contributed by atoms with Gasteiger partial charge < -0.3 is 9.30 Å². The Morgan fingerprint density at radius 3 is 2.83 bits per heavy atom. The number of fused-ring (bicyclic) bond motifs is 1. The first-order valence-corrected chi connectivity index (χ1v) is 6.81. The highest BCUT2D eigenvalue weighted by Crippen LogP contribution is 2.38. The topological polar surface area (TPSA) is 57.0 Å². The van der Waals surface area contributed by atoms with Crippen LogP contribution < -0.4 is 0 Å². The van der Waals surface area contributed by atoms with E-state index in [-0.39, 0.29) is 11.9 Å². The summed E-state index contributed by atoms with van der Waals surface area (Å²) in [4.78, 5) is 12.1. The highest BCUT2D eigenvalue weighted by atomic mass is 16.5. The Kier molecular flexibility index (Phi) is 3.06. The zero-order valence-corrected chi connectivity index (χ0v) is 10.8. The number of nitrogens with zero attached hydrogens (tertiary/aromatic N) is 3. The van der Waals surface area contributed by atoms with Gasteiger partial charge in [-0.2, -0.15) is 0 Å². The minimum atomic E-state index is -0.211. The lowest BCUT2D eigenvalue weighted by atomic mass is 9.90. The van der Waals surface area contributed by atoms with E-state index in [1.54, 1.807) is 0 Å². The van der Waals surface area contributed by atoms with Crippen LogP contribution in [0.1, 0.15) is 49.7 Å². The number of ether oxygens (including phenoxy) is 1. The van der Waals surface area contributed by atoms with Crippen molar-refractivity contribution in [2.75, 3.05) is 7.11 Å². The molecule has 0 bridgehead atoms. The Balaban J connectivity index is 1.94. The minimum Gasteiger partial charge on any atom is -0.468 e. The fourth-order valence-corrected chi connectivity index (χ4v) is 3.33. The van der Waals surface area contributed by atoms with Gasteiger partial charge in [-0.25, -0.2) is 0 Å². The highest BCUT2D eigenvalue weighted by Gasteiger charge is 2.37. The second-order valence-electron chi connectivity index (χ2n) is 5.27. The van der Waals surface area contributed by atoms with Crippen molar-refractivity contribution in [3.8, 4) is 0 Å². The maximum Gasteiger partial charge on any atom is 0.316 e. The van der Waals surface area contributed by atoms with Crippen LogP contribution in [0.15, 0.2) is 0 Å². The molecule has 5 heteroatoms. The van der Waals surface area contributed by atoms with Crippen molar-refractivity contribution in [1.29, 1.82) is 0 Å².